The number of benzene rings is 1. The van der Waals surface area contributed by atoms with Crippen LogP contribution >= 0.6 is 0 Å². The molecule has 3 rings (SSSR count). The van der Waals surface area contributed by atoms with Crippen LogP contribution in [0.25, 0.3) is 5.78 Å². The molecule has 2 heterocycles. The van der Waals surface area contributed by atoms with E-state index in [0.717, 1.165) is 12.1 Å². The third kappa shape index (κ3) is 4.25. The molecule has 2 aromatic heterocycles. The van der Waals surface area contributed by atoms with Gasteiger partial charge in [-0.3, -0.25) is 4.79 Å². The molecular formula is C16H15F3N6O2. The smallest absolute Gasteiger partial charge is 0.406 e. The number of nitrogens with two attached hydrogens (primary N) is 1. The number of ether oxygens (including phenoxy) is 1. The SMILES string of the molecule is Cc1nc2nc(N)nn2c(C)c1CC(=O)Nc1cccc(OC(F)(F)F)c1. The minimum Gasteiger partial charge on any atom is -0.406 e. The second-order valence-corrected chi connectivity index (χ2v) is 5.74. The fraction of sp³-hybridized carbons (Fsp3) is 0.250. The Morgan fingerprint density at radius 1 is 1.30 bits per heavy atom. The first kappa shape index (κ1) is 18.4. The Bertz CT molecular complexity index is 1020. The quantitative estimate of drug-likeness (QED) is 0.720. The zero-order chi connectivity index (χ0) is 19.8. The lowest BCUT2D eigenvalue weighted by Crippen LogP contribution is -2.19. The summed E-state index contributed by atoms with van der Waals surface area (Å²) in [5.74, 6) is -0.467. The van der Waals surface area contributed by atoms with Crippen LogP contribution in [0.4, 0.5) is 24.8 Å². The number of nitrogen functional groups attached to an aromatic ring is 1. The predicted molar refractivity (Wildman–Crippen MR) is 90.1 cm³/mol. The lowest BCUT2D eigenvalue weighted by atomic mass is 10.1. The zero-order valence-corrected chi connectivity index (χ0v) is 14.3. The first-order valence-electron chi connectivity index (χ1n) is 7.76. The van der Waals surface area contributed by atoms with Crippen LogP contribution in [0.3, 0.4) is 0 Å². The van der Waals surface area contributed by atoms with Crippen molar-refractivity contribution in [3.05, 3.63) is 41.2 Å². The second kappa shape index (κ2) is 6.74. The van der Waals surface area contributed by atoms with Gasteiger partial charge in [0.1, 0.15) is 5.75 Å². The molecule has 3 N–H and O–H groups in total. The number of fused-ring (bicyclic) bond motifs is 1. The third-order valence-corrected chi connectivity index (χ3v) is 3.75. The van der Waals surface area contributed by atoms with Gasteiger partial charge in [0.25, 0.3) is 5.78 Å². The van der Waals surface area contributed by atoms with Crippen molar-refractivity contribution >= 4 is 23.3 Å². The number of alkyl halides is 3. The van der Waals surface area contributed by atoms with Crippen molar-refractivity contribution in [1.82, 2.24) is 19.6 Å². The van der Waals surface area contributed by atoms with E-state index >= 15 is 0 Å². The summed E-state index contributed by atoms with van der Waals surface area (Å²) in [4.78, 5) is 20.6. The van der Waals surface area contributed by atoms with Crippen molar-refractivity contribution in [3.63, 3.8) is 0 Å². The maximum atomic E-state index is 12.4. The molecule has 0 aliphatic heterocycles. The normalized spacial score (nSPS) is 11.6. The average molecular weight is 380 g/mol. The second-order valence-electron chi connectivity index (χ2n) is 5.74. The number of anilines is 2. The van der Waals surface area contributed by atoms with E-state index in [-0.39, 0.29) is 18.1 Å². The Morgan fingerprint density at radius 3 is 2.74 bits per heavy atom. The lowest BCUT2D eigenvalue weighted by Gasteiger charge is -2.12. The van der Waals surface area contributed by atoms with Gasteiger partial charge in [-0.1, -0.05) is 6.07 Å². The number of aryl methyl sites for hydroxylation is 2. The van der Waals surface area contributed by atoms with Gasteiger partial charge in [0.05, 0.1) is 6.42 Å². The molecule has 11 heteroatoms. The molecular weight excluding hydrogens is 365 g/mol. The summed E-state index contributed by atoms with van der Waals surface area (Å²) in [6, 6.07) is 5.04. The van der Waals surface area contributed by atoms with Gasteiger partial charge in [-0.2, -0.15) is 9.50 Å². The van der Waals surface area contributed by atoms with Gasteiger partial charge in [0.2, 0.25) is 11.9 Å². The van der Waals surface area contributed by atoms with Crippen LogP contribution in [0.5, 0.6) is 5.75 Å². The molecule has 0 aliphatic carbocycles. The Kier molecular flexibility index (Phi) is 4.60. The maximum absolute atomic E-state index is 12.4. The zero-order valence-electron chi connectivity index (χ0n) is 14.3. The van der Waals surface area contributed by atoms with Crippen LogP contribution in [0, 0.1) is 13.8 Å². The van der Waals surface area contributed by atoms with Gasteiger partial charge >= 0.3 is 6.36 Å². The summed E-state index contributed by atoms with van der Waals surface area (Å²) in [5.41, 5.74) is 7.59. The molecule has 0 unspecified atom stereocenters. The van der Waals surface area contributed by atoms with Crippen LogP contribution in [0.1, 0.15) is 17.0 Å². The fourth-order valence-electron chi connectivity index (χ4n) is 2.62. The molecule has 1 aromatic carbocycles. The molecule has 1 amide bonds. The summed E-state index contributed by atoms with van der Waals surface area (Å²) >= 11 is 0. The highest BCUT2D eigenvalue weighted by atomic mass is 19.4. The van der Waals surface area contributed by atoms with E-state index < -0.39 is 18.0 Å². The number of carbonyl (C=O) groups excluding carboxylic acids is 1. The van der Waals surface area contributed by atoms with Gasteiger partial charge in [0, 0.05) is 28.7 Å². The maximum Gasteiger partial charge on any atom is 0.573 e. The van der Waals surface area contributed by atoms with Gasteiger partial charge < -0.3 is 15.8 Å². The minimum atomic E-state index is -4.81. The fourth-order valence-corrected chi connectivity index (χ4v) is 2.62. The first-order chi connectivity index (χ1) is 12.6. The topological polar surface area (TPSA) is 107 Å². The highest BCUT2D eigenvalue weighted by molar-refractivity contribution is 5.92. The Morgan fingerprint density at radius 2 is 2.04 bits per heavy atom. The molecule has 0 bridgehead atoms. The molecule has 0 saturated heterocycles. The summed E-state index contributed by atoms with van der Waals surface area (Å²) in [5, 5.41) is 6.56. The first-order valence-corrected chi connectivity index (χ1v) is 7.76. The van der Waals surface area contributed by atoms with Crippen molar-refractivity contribution in [2.45, 2.75) is 26.6 Å². The monoisotopic (exact) mass is 380 g/mol. The number of hydrogen-bond donors (Lipinski definition) is 2. The average Bonchev–Trinajstić information content (AvgIpc) is 2.90. The Hall–Kier alpha value is -3.37. The number of rotatable bonds is 4. The molecule has 142 valence electrons. The predicted octanol–water partition coefficient (Wildman–Crippen LogP) is 2.40. The van der Waals surface area contributed by atoms with E-state index in [9.17, 15) is 18.0 Å². The van der Waals surface area contributed by atoms with Crippen LogP contribution in [0.15, 0.2) is 24.3 Å². The third-order valence-electron chi connectivity index (χ3n) is 3.75. The summed E-state index contributed by atoms with van der Waals surface area (Å²) in [6.07, 6.45) is -4.86. The van der Waals surface area contributed by atoms with Gasteiger partial charge in [-0.15, -0.1) is 18.3 Å². The molecule has 0 saturated carbocycles. The number of amides is 1. The number of carbonyl (C=O) groups is 1. The van der Waals surface area contributed by atoms with E-state index in [0.29, 0.717) is 22.7 Å². The van der Waals surface area contributed by atoms with Gasteiger partial charge in [-0.25, -0.2) is 4.98 Å². The van der Waals surface area contributed by atoms with E-state index in [4.69, 9.17) is 5.73 Å². The lowest BCUT2D eigenvalue weighted by molar-refractivity contribution is -0.274. The molecule has 0 radical (unpaired) electrons. The minimum absolute atomic E-state index is 0.0509. The van der Waals surface area contributed by atoms with Crippen LogP contribution in [0.2, 0.25) is 0 Å². The molecule has 0 aliphatic rings. The number of aromatic nitrogens is 4. The van der Waals surface area contributed by atoms with E-state index in [1.807, 2.05) is 0 Å². The summed E-state index contributed by atoms with van der Waals surface area (Å²) in [6.45, 7) is 3.47. The van der Waals surface area contributed by atoms with Gasteiger partial charge in [-0.05, 0) is 26.0 Å². The highest BCUT2D eigenvalue weighted by Gasteiger charge is 2.31. The van der Waals surface area contributed by atoms with Crippen molar-refractivity contribution < 1.29 is 22.7 Å². The van der Waals surface area contributed by atoms with Crippen LogP contribution in [-0.4, -0.2) is 31.9 Å². The molecule has 8 nitrogen and oxygen atoms in total. The molecule has 0 spiro atoms. The highest BCUT2D eigenvalue weighted by Crippen LogP contribution is 2.25. The van der Waals surface area contributed by atoms with E-state index in [2.05, 4.69) is 25.1 Å². The Labute approximate surface area is 151 Å². The van der Waals surface area contributed by atoms with E-state index in [1.54, 1.807) is 13.8 Å². The number of nitrogens with one attached hydrogen (secondary N) is 1. The van der Waals surface area contributed by atoms with Gasteiger partial charge in [0.15, 0.2) is 0 Å². The molecule has 0 fully saturated rings. The van der Waals surface area contributed by atoms with Crippen molar-refractivity contribution in [3.8, 4) is 5.75 Å². The number of halogens is 3. The Balaban J connectivity index is 1.78. The van der Waals surface area contributed by atoms with Crippen molar-refractivity contribution in [2.24, 2.45) is 0 Å². The van der Waals surface area contributed by atoms with Crippen LogP contribution in [-0.2, 0) is 11.2 Å². The largest absolute Gasteiger partial charge is 0.573 e. The molecule has 27 heavy (non-hydrogen) atoms. The number of hydrogen-bond acceptors (Lipinski definition) is 6. The summed E-state index contributed by atoms with van der Waals surface area (Å²) in [7, 11) is 0. The molecule has 3 aromatic rings. The molecule has 0 atom stereocenters. The van der Waals surface area contributed by atoms with Crippen molar-refractivity contribution in [2.75, 3.05) is 11.1 Å². The van der Waals surface area contributed by atoms with Crippen LogP contribution < -0.4 is 15.8 Å². The summed E-state index contributed by atoms with van der Waals surface area (Å²) < 4.78 is 42.2. The number of nitrogens with zero attached hydrogens (tertiary/aromatic N) is 4. The van der Waals surface area contributed by atoms with Crippen molar-refractivity contribution in [1.29, 1.82) is 0 Å². The van der Waals surface area contributed by atoms with E-state index in [1.165, 1.54) is 16.6 Å². The standard InChI is InChI=1S/C16H15F3N6O2/c1-8-12(9(2)25-15(21-8)23-14(20)24-25)7-13(26)22-10-4-3-5-11(6-10)27-16(17,18)19/h3-6H,7H2,1-2H3,(H2,20,24)(H,22,26).